The van der Waals surface area contributed by atoms with Crippen LogP contribution in [0, 0.1) is 18.7 Å². The minimum absolute atomic E-state index is 0.00215. The van der Waals surface area contributed by atoms with Gasteiger partial charge in [0.15, 0.2) is 0 Å². The third-order valence-corrected chi connectivity index (χ3v) is 6.92. The van der Waals surface area contributed by atoms with E-state index in [0.29, 0.717) is 12.8 Å². The summed E-state index contributed by atoms with van der Waals surface area (Å²) in [5, 5.41) is 0. The molecule has 2 aromatic rings. The molecule has 0 bridgehead atoms. The van der Waals surface area contributed by atoms with E-state index < -0.39 is 15.8 Å². The summed E-state index contributed by atoms with van der Waals surface area (Å²) in [5.74, 6) is -0.689. The maximum atomic E-state index is 13.0. The number of aryl methyl sites for hydroxylation is 1. The fourth-order valence-corrected chi connectivity index (χ4v) is 4.74. The van der Waals surface area contributed by atoms with Crippen LogP contribution >= 0.6 is 0 Å². The van der Waals surface area contributed by atoms with Crippen LogP contribution in [0.3, 0.4) is 0 Å². The molecule has 1 fully saturated rings. The largest absolute Gasteiger partial charge is 0.315 e. The molecule has 3 rings (SSSR count). The lowest BCUT2D eigenvalue weighted by Crippen LogP contribution is -2.43. The number of carbonyl (C=O) groups is 1. The lowest BCUT2D eigenvalue weighted by Gasteiger charge is -2.32. The molecule has 0 radical (unpaired) electrons. The molecule has 1 heterocycles. The third kappa shape index (κ3) is 4.20. The zero-order valence-corrected chi connectivity index (χ0v) is 16.2. The Bertz CT molecular complexity index is 903. The van der Waals surface area contributed by atoms with Crippen molar-refractivity contribution >= 4 is 21.6 Å². The van der Waals surface area contributed by atoms with E-state index in [-0.39, 0.29) is 29.8 Å². The van der Waals surface area contributed by atoms with Gasteiger partial charge in [-0.25, -0.2) is 12.8 Å². The quantitative estimate of drug-likeness (QED) is 0.806. The van der Waals surface area contributed by atoms with Crippen molar-refractivity contribution in [2.24, 2.45) is 5.92 Å². The normalized spacial score (nSPS) is 16.3. The third-order valence-electron chi connectivity index (χ3n) is 5.01. The lowest BCUT2D eigenvalue weighted by molar-refractivity contribution is -0.123. The van der Waals surface area contributed by atoms with Crippen LogP contribution in [-0.4, -0.2) is 38.8 Å². The van der Waals surface area contributed by atoms with Gasteiger partial charge < -0.3 is 4.90 Å². The SMILES string of the molecule is Cc1ccc(N(C)C(=O)C2CCN(S(=O)(=O)c3ccc(F)cc3)CC2)cc1. The van der Waals surface area contributed by atoms with Crippen LogP contribution in [0.25, 0.3) is 0 Å². The smallest absolute Gasteiger partial charge is 0.243 e. The Morgan fingerprint density at radius 1 is 1.04 bits per heavy atom. The van der Waals surface area contributed by atoms with Gasteiger partial charge in [0.05, 0.1) is 4.90 Å². The van der Waals surface area contributed by atoms with Crippen molar-refractivity contribution in [3.05, 3.63) is 59.9 Å². The summed E-state index contributed by atoms with van der Waals surface area (Å²) in [5.41, 5.74) is 1.95. The van der Waals surface area contributed by atoms with E-state index in [1.54, 1.807) is 11.9 Å². The molecule has 0 unspecified atom stereocenters. The summed E-state index contributed by atoms with van der Waals surface area (Å²) in [6.07, 6.45) is 0.935. The predicted octanol–water partition coefficient (Wildman–Crippen LogP) is 3.20. The molecule has 0 saturated carbocycles. The average molecular weight is 390 g/mol. The summed E-state index contributed by atoms with van der Waals surface area (Å²) in [6.45, 7) is 2.54. The van der Waals surface area contributed by atoms with E-state index in [0.717, 1.165) is 23.4 Å². The number of hydrogen-bond donors (Lipinski definition) is 0. The average Bonchev–Trinajstić information content (AvgIpc) is 2.68. The highest BCUT2D eigenvalue weighted by Gasteiger charge is 2.33. The first-order valence-corrected chi connectivity index (χ1v) is 10.3. The van der Waals surface area contributed by atoms with Crippen molar-refractivity contribution in [1.82, 2.24) is 4.31 Å². The summed E-state index contributed by atoms with van der Waals surface area (Å²) in [6, 6.07) is 12.5. The fourth-order valence-electron chi connectivity index (χ4n) is 3.27. The molecule has 7 heteroatoms. The fraction of sp³-hybridized carbons (Fsp3) is 0.350. The van der Waals surface area contributed by atoms with Gasteiger partial charge in [-0.3, -0.25) is 4.79 Å². The van der Waals surface area contributed by atoms with Crippen LogP contribution in [0.2, 0.25) is 0 Å². The number of rotatable bonds is 4. The van der Waals surface area contributed by atoms with E-state index in [1.807, 2.05) is 31.2 Å². The Morgan fingerprint density at radius 3 is 2.15 bits per heavy atom. The number of carbonyl (C=O) groups excluding carboxylic acids is 1. The van der Waals surface area contributed by atoms with Crippen LogP contribution in [0.15, 0.2) is 53.4 Å². The Kier molecular flexibility index (Phi) is 5.62. The summed E-state index contributed by atoms with van der Waals surface area (Å²) in [7, 11) is -1.92. The molecule has 1 saturated heterocycles. The minimum atomic E-state index is -3.66. The maximum Gasteiger partial charge on any atom is 0.243 e. The molecule has 0 spiro atoms. The molecule has 0 N–H and O–H groups in total. The van der Waals surface area contributed by atoms with Gasteiger partial charge in [0.25, 0.3) is 0 Å². The van der Waals surface area contributed by atoms with E-state index in [2.05, 4.69) is 0 Å². The second kappa shape index (κ2) is 7.78. The number of hydrogen-bond acceptors (Lipinski definition) is 3. The maximum absolute atomic E-state index is 13.0. The Balaban J connectivity index is 1.65. The highest BCUT2D eigenvalue weighted by atomic mass is 32.2. The van der Waals surface area contributed by atoms with Gasteiger partial charge in [-0.2, -0.15) is 4.31 Å². The first-order valence-electron chi connectivity index (χ1n) is 8.89. The monoisotopic (exact) mass is 390 g/mol. The summed E-state index contributed by atoms with van der Waals surface area (Å²) >= 11 is 0. The number of amides is 1. The van der Waals surface area contributed by atoms with E-state index in [4.69, 9.17) is 0 Å². The topological polar surface area (TPSA) is 57.7 Å². The molecule has 1 aliphatic heterocycles. The molecular weight excluding hydrogens is 367 g/mol. The zero-order valence-electron chi connectivity index (χ0n) is 15.4. The highest BCUT2D eigenvalue weighted by molar-refractivity contribution is 7.89. The van der Waals surface area contributed by atoms with Crippen molar-refractivity contribution in [2.45, 2.75) is 24.7 Å². The molecule has 0 aliphatic carbocycles. The van der Waals surface area contributed by atoms with Crippen LogP contribution in [0.1, 0.15) is 18.4 Å². The van der Waals surface area contributed by atoms with Gasteiger partial charge in [-0.15, -0.1) is 0 Å². The summed E-state index contributed by atoms with van der Waals surface area (Å²) < 4.78 is 39.8. The number of sulfonamides is 1. The van der Waals surface area contributed by atoms with Gasteiger partial charge in [0.1, 0.15) is 5.82 Å². The number of anilines is 1. The number of halogens is 1. The van der Waals surface area contributed by atoms with E-state index in [9.17, 15) is 17.6 Å². The molecular formula is C20H23FN2O3S. The van der Waals surface area contributed by atoms with Gasteiger partial charge in [0.2, 0.25) is 15.9 Å². The molecule has 2 aromatic carbocycles. The number of piperidine rings is 1. The zero-order chi connectivity index (χ0) is 19.6. The van der Waals surface area contributed by atoms with Crippen molar-refractivity contribution in [2.75, 3.05) is 25.0 Å². The predicted molar refractivity (Wildman–Crippen MR) is 102 cm³/mol. The second-order valence-electron chi connectivity index (χ2n) is 6.87. The number of nitrogens with zero attached hydrogens (tertiary/aromatic N) is 2. The molecule has 144 valence electrons. The Labute approximate surface area is 159 Å². The molecule has 27 heavy (non-hydrogen) atoms. The molecule has 0 atom stereocenters. The lowest BCUT2D eigenvalue weighted by atomic mass is 9.96. The van der Waals surface area contributed by atoms with Crippen LogP contribution < -0.4 is 4.90 Å². The van der Waals surface area contributed by atoms with Crippen molar-refractivity contribution in [3.8, 4) is 0 Å². The van der Waals surface area contributed by atoms with Crippen molar-refractivity contribution in [3.63, 3.8) is 0 Å². The van der Waals surface area contributed by atoms with E-state index in [1.165, 1.54) is 16.4 Å². The minimum Gasteiger partial charge on any atom is -0.315 e. The number of benzene rings is 2. The molecule has 0 aromatic heterocycles. The Hall–Kier alpha value is -2.25. The van der Waals surface area contributed by atoms with Crippen LogP contribution in [0.5, 0.6) is 0 Å². The standard InChI is InChI=1S/C20H23FN2O3S/c1-15-3-7-18(8-4-15)22(2)20(24)16-11-13-23(14-12-16)27(25,26)19-9-5-17(21)6-10-19/h3-10,16H,11-14H2,1-2H3. The second-order valence-corrected chi connectivity index (χ2v) is 8.80. The van der Waals surface area contributed by atoms with Gasteiger partial charge >= 0.3 is 0 Å². The first-order chi connectivity index (χ1) is 12.8. The van der Waals surface area contributed by atoms with Gasteiger partial charge in [-0.1, -0.05) is 17.7 Å². The Morgan fingerprint density at radius 2 is 1.59 bits per heavy atom. The van der Waals surface area contributed by atoms with Crippen LogP contribution in [-0.2, 0) is 14.8 Å². The molecule has 1 amide bonds. The molecule has 5 nitrogen and oxygen atoms in total. The highest BCUT2D eigenvalue weighted by Crippen LogP contribution is 2.26. The van der Waals surface area contributed by atoms with Crippen molar-refractivity contribution < 1.29 is 17.6 Å². The summed E-state index contributed by atoms with van der Waals surface area (Å²) in [4.78, 5) is 14.5. The van der Waals surface area contributed by atoms with Gasteiger partial charge in [0, 0.05) is 31.7 Å². The van der Waals surface area contributed by atoms with Crippen LogP contribution in [0.4, 0.5) is 10.1 Å². The van der Waals surface area contributed by atoms with Crippen molar-refractivity contribution in [1.29, 1.82) is 0 Å². The molecule has 1 aliphatic rings. The van der Waals surface area contributed by atoms with Gasteiger partial charge in [-0.05, 0) is 56.2 Å². The first kappa shape index (κ1) is 19.5. The van der Waals surface area contributed by atoms with E-state index >= 15 is 0 Å².